The van der Waals surface area contributed by atoms with E-state index < -0.39 is 4.92 Å². The van der Waals surface area contributed by atoms with Gasteiger partial charge in [-0.2, -0.15) is 0 Å². The summed E-state index contributed by atoms with van der Waals surface area (Å²) < 4.78 is 1.02. The number of hydrogen-bond acceptors (Lipinski definition) is 3. The molecule has 0 amide bonds. The van der Waals surface area contributed by atoms with E-state index in [1.807, 2.05) is 6.07 Å². The van der Waals surface area contributed by atoms with Crippen molar-refractivity contribution in [3.05, 3.63) is 24.0 Å². The molecule has 0 aliphatic rings. The molecule has 0 unspecified atom stereocenters. The molecule has 6 heteroatoms. The van der Waals surface area contributed by atoms with E-state index in [1.54, 1.807) is 0 Å². The molecule has 0 bridgehead atoms. The van der Waals surface area contributed by atoms with E-state index in [0.717, 1.165) is 0 Å². The Bertz CT molecular complexity index is 341. The third-order valence-electron chi connectivity index (χ3n) is 0.976. The fourth-order valence-electron chi connectivity index (χ4n) is 0.539. The fraction of sp³-hybridized carbons (Fsp3) is 0. The number of nitrogens with zero attached hydrogens (tertiary/aromatic N) is 2. The first kappa shape index (κ1) is 8.47. The van der Waals surface area contributed by atoms with Crippen LogP contribution in [0.25, 0.3) is 0 Å². The molecule has 0 spiro atoms. The first-order chi connectivity index (χ1) is 5.15. The van der Waals surface area contributed by atoms with Gasteiger partial charge in [-0.15, -0.1) is 0 Å². The molecule has 0 atom stereocenters. The van der Waals surface area contributed by atoms with Gasteiger partial charge >= 0.3 is 76.3 Å². The molecular weight excluding hydrogens is 279 g/mol. The summed E-state index contributed by atoms with van der Waals surface area (Å²) in [7, 11) is 0. The molecule has 0 aromatic carbocycles. The molecule has 1 rings (SSSR count). The maximum atomic E-state index is 10.2. The second-order valence-electron chi connectivity index (χ2n) is 1.64. The van der Waals surface area contributed by atoms with Crippen LogP contribution in [0.4, 0.5) is 5.69 Å². The zero-order valence-electron chi connectivity index (χ0n) is 5.07. The van der Waals surface area contributed by atoms with Crippen LogP contribution in [0.5, 0.6) is 0 Å². The van der Waals surface area contributed by atoms with Crippen molar-refractivity contribution in [2.24, 2.45) is 0 Å². The SMILES string of the molecule is N#Cc1cc([N+](=O)[O-])c(Br)[se]1. The Balaban J connectivity index is 3.20. The second kappa shape index (κ2) is 3.18. The third kappa shape index (κ3) is 1.69. The Morgan fingerprint density at radius 2 is 2.45 bits per heavy atom. The number of halogens is 1. The molecule has 1 aromatic rings. The van der Waals surface area contributed by atoms with Crippen LogP contribution < -0.4 is 0 Å². The molecule has 0 saturated heterocycles. The number of hydrogen-bond donors (Lipinski definition) is 0. The molecule has 0 aliphatic carbocycles. The van der Waals surface area contributed by atoms with Crippen molar-refractivity contribution >= 4 is 36.1 Å². The van der Waals surface area contributed by atoms with Crippen LogP contribution in [0.15, 0.2) is 9.41 Å². The molecule has 1 aromatic heterocycles. The van der Waals surface area contributed by atoms with Crippen molar-refractivity contribution in [1.29, 1.82) is 5.26 Å². The van der Waals surface area contributed by atoms with E-state index in [-0.39, 0.29) is 20.2 Å². The van der Waals surface area contributed by atoms with Crippen molar-refractivity contribution in [2.45, 2.75) is 0 Å². The van der Waals surface area contributed by atoms with Gasteiger partial charge in [-0.1, -0.05) is 0 Å². The summed E-state index contributed by atoms with van der Waals surface area (Å²) in [5.41, 5.74) is 0.0153. The Morgan fingerprint density at radius 3 is 2.73 bits per heavy atom. The summed E-state index contributed by atoms with van der Waals surface area (Å²) in [6.07, 6.45) is 0. The second-order valence-corrected chi connectivity index (χ2v) is 5.82. The summed E-state index contributed by atoms with van der Waals surface area (Å²) in [5.74, 6) is 0. The van der Waals surface area contributed by atoms with Gasteiger partial charge in [-0.05, 0) is 0 Å². The van der Waals surface area contributed by atoms with Gasteiger partial charge in [0.2, 0.25) is 0 Å². The number of nitro groups is 1. The van der Waals surface area contributed by atoms with E-state index in [0.29, 0.717) is 7.78 Å². The average molecular weight is 280 g/mol. The monoisotopic (exact) mass is 280 g/mol. The Hall–Kier alpha value is -0.631. The normalized spacial score (nSPS) is 9.09. The summed E-state index contributed by atoms with van der Waals surface area (Å²) in [5, 5.41) is 18.7. The van der Waals surface area contributed by atoms with Crippen LogP contribution in [0.3, 0.4) is 0 Å². The molecular formula is C5HBrN2O2Se. The molecule has 0 fully saturated rings. The van der Waals surface area contributed by atoms with E-state index in [9.17, 15) is 10.1 Å². The van der Waals surface area contributed by atoms with E-state index in [2.05, 4.69) is 15.9 Å². The third-order valence-corrected chi connectivity index (χ3v) is 3.94. The summed E-state index contributed by atoms with van der Waals surface area (Å²) in [6.45, 7) is 0. The fourth-order valence-corrected chi connectivity index (χ4v) is 3.06. The number of nitriles is 1. The molecule has 11 heavy (non-hydrogen) atoms. The average Bonchev–Trinajstić information content (AvgIpc) is 2.30. The standard InChI is InChI=1S/C5HBrN2O2Se/c6-5-4(8(9)10)1-3(2-7)11-5/h1H. The van der Waals surface area contributed by atoms with Crippen molar-refractivity contribution in [2.75, 3.05) is 0 Å². The van der Waals surface area contributed by atoms with Crippen LogP contribution in [0, 0.1) is 21.4 Å². The summed E-state index contributed by atoms with van der Waals surface area (Å²) >= 11 is 2.85. The quantitative estimate of drug-likeness (QED) is 0.442. The maximum absolute atomic E-state index is 10.2. The molecule has 0 saturated carbocycles. The topological polar surface area (TPSA) is 66.9 Å². The molecule has 0 N–H and O–H groups in total. The predicted octanol–water partition coefficient (Wildman–Crippen LogP) is 1.29. The van der Waals surface area contributed by atoms with Crippen molar-refractivity contribution in [3.63, 3.8) is 0 Å². The Morgan fingerprint density at radius 1 is 1.82 bits per heavy atom. The minimum atomic E-state index is -0.490. The molecule has 1 heterocycles. The van der Waals surface area contributed by atoms with E-state index in [1.165, 1.54) is 6.07 Å². The molecule has 4 nitrogen and oxygen atoms in total. The van der Waals surface area contributed by atoms with Crippen molar-refractivity contribution < 1.29 is 4.92 Å². The van der Waals surface area contributed by atoms with Gasteiger partial charge in [0, 0.05) is 0 Å². The van der Waals surface area contributed by atoms with Crippen LogP contribution in [0.1, 0.15) is 4.44 Å². The van der Waals surface area contributed by atoms with Gasteiger partial charge in [0.25, 0.3) is 0 Å². The Kier molecular flexibility index (Phi) is 2.45. The zero-order valence-corrected chi connectivity index (χ0v) is 8.37. The molecule has 0 aliphatic heterocycles. The van der Waals surface area contributed by atoms with E-state index in [4.69, 9.17) is 5.26 Å². The first-order valence-electron chi connectivity index (χ1n) is 2.49. The first-order valence-corrected chi connectivity index (χ1v) is 4.99. The van der Waals surface area contributed by atoms with Gasteiger partial charge in [0.05, 0.1) is 0 Å². The van der Waals surface area contributed by atoms with Gasteiger partial charge in [0.1, 0.15) is 0 Å². The Labute approximate surface area is 76.5 Å². The summed E-state index contributed by atoms with van der Waals surface area (Å²) in [6, 6.07) is 3.20. The molecule has 0 radical (unpaired) electrons. The van der Waals surface area contributed by atoms with Gasteiger partial charge < -0.3 is 0 Å². The van der Waals surface area contributed by atoms with Crippen LogP contribution >= 0.6 is 15.9 Å². The van der Waals surface area contributed by atoms with Crippen LogP contribution in [-0.4, -0.2) is 19.4 Å². The molecule has 56 valence electrons. The van der Waals surface area contributed by atoms with Crippen molar-refractivity contribution in [1.82, 2.24) is 0 Å². The zero-order chi connectivity index (χ0) is 8.43. The van der Waals surface area contributed by atoms with Gasteiger partial charge in [-0.25, -0.2) is 0 Å². The van der Waals surface area contributed by atoms with Gasteiger partial charge in [-0.3, -0.25) is 0 Å². The van der Waals surface area contributed by atoms with Crippen LogP contribution in [0.2, 0.25) is 0 Å². The predicted molar refractivity (Wildman–Crippen MR) is 42.5 cm³/mol. The van der Waals surface area contributed by atoms with Crippen LogP contribution in [-0.2, 0) is 0 Å². The van der Waals surface area contributed by atoms with E-state index >= 15 is 0 Å². The summed E-state index contributed by atoms with van der Waals surface area (Å²) in [4.78, 5) is 9.76. The number of rotatable bonds is 1. The van der Waals surface area contributed by atoms with Crippen molar-refractivity contribution in [3.8, 4) is 6.07 Å². The minimum absolute atomic E-state index is 0.0153. The van der Waals surface area contributed by atoms with Gasteiger partial charge in [0.15, 0.2) is 0 Å².